The van der Waals surface area contributed by atoms with Gasteiger partial charge in [0.15, 0.2) is 40.6 Å². The first kappa shape index (κ1) is 28.3. The van der Waals surface area contributed by atoms with Crippen molar-refractivity contribution >= 4 is 72.9 Å². The van der Waals surface area contributed by atoms with Gasteiger partial charge in [0.2, 0.25) is 0 Å². The Balaban J connectivity index is 1.11. The van der Waals surface area contributed by atoms with Crippen LogP contribution in [-0.4, -0.2) is 17.3 Å². The number of Topliss-reactive ketones (excluding diaryl/α,β-unsaturated/α-hetero) is 3. The van der Waals surface area contributed by atoms with E-state index in [1.54, 1.807) is 28.7 Å². The van der Waals surface area contributed by atoms with Crippen molar-refractivity contribution in [3.8, 4) is 9.75 Å². The zero-order valence-corrected chi connectivity index (χ0v) is 26.3. The lowest BCUT2D eigenvalue weighted by molar-refractivity contribution is 0.0988. The van der Waals surface area contributed by atoms with E-state index in [0.717, 1.165) is 75.7 Å². The molecule has 0 saturated heterocycles. The molecule has 2 aromatic carbocycles. The summed E-state index contributed by atoms with van der Waals surface area (Å²) in [7, 11) is 0. The van der Waals surface area contributed by atoms with Crippen molar-refractivity contribution in [2.24, 2.45) is 0 Å². The minimum absolute atomic E-state index is 0.0863. The first-order valence-electron chi connectivity index (χ1n) is 14.9. The lowest BCUT2D eigenvalue weighted by Gasteiger charge is -2.35. The number of ketones is 3. The fraction of sp³-hybridized carbons (Fsp3) is 0.194. The second-order valence-corrected chi connectivity index (χ2v) is 15.5. The Labute approximate surface area is 271 Å². The third-order valence-corrected chi connectivity index (χ3v) is 13.4. The molecule has 4 aliphatic carbocycles. The molecule has 0 unspecified atom stereocenters. The summed E-state index contributed by atoms with van der Waals surface area (Å²) in [6.45, 7) is 0. The summed E-state index contributed by atoms with van der Waals surface area (Å²) in [5.74, 6) is -5.78. The number of carbonyl (C=O) groups excluding carboxylic acids is 3. The molecule has 1 saturated carbocycles. The van der Waals surface area contributed by atoms with Crippen LogP contribution >= 0.6 is 34.0 Å². The van der Waals surface area contributed by atoms with E-state index >= 15 is 0 Å². The SMILES string of the molecule is O=C1/C(=C\c2cc3sc4c(c3s2)C2(CCCCC2)c2cc(C=C3C(=O)c5cc(F)c(F)cc5C3=O)sc2-4)Cc2cc(F)c(F)cc21. The van der Waals surface area contributed by atoms with Crippen molar-refractivity contribution in [1.29, 1.82) is 0 Å². The maximum atomic E-state index is 13.9. The summed E-state index contributed by atoms with van der Waals surface area (Å²) >= 11 is 4.84. The molecule has 9 rings (SSSR count). The van der Waals surface area contributed by atoms with E-state index in [0.29, 0.717) is 11.1 Å². The highest BCUT2D eigenvalue weighted by Crippen LogP contribution is 2.63. The van der Waals surface area contributed by atoms with Gasteiger partial charge >= 0.3 is 0 Å². The molecule has 0 bridgehead atoms. The summed E-state index contributed by atoms with van der Waals surface area (Å²) < 4.78 is 57.7. The average Bonchev–Trinajstić information content (AvgIpc) is 3.84. The fourth-order valence-electron chi connectivity index (χ4n) is 7.67. The number of allylic oxidation sites excluding steroid dienone is 2. The van der Waals surface area contributed by atoms with Crippen LogP contribution in [0, 0.1) is 23.3 Å². The van der Waals surface area contributed by atoms with Gasteiger partial charge < -0.3 is 0 Å². The summed E-state index contributed by atoms with van der Waals surface area (Å²) in [5.41, 5.74) is 3.19. The molecule has 3 nitrogen and oxygen atoms in total. The second kappa shape index (κ2) is 9.76. The van der Waals surface area contributed by atoms with Crippen molar-refractivity contribution in [3.05, 3.63) is 114 Å². The minimum atomic E-state index is -1.16. The lowest BCUT2D eigenvalue weighted by atomic mass is 9.68. The molecule has 228 valence electrons. The fourth-order valence-corrected chi connectivity index (χ4v) is 11.8. The number of fused-ring (bicyclic) bond motifs is 9. The minimum Gasteiger partial charge on any atom is -0.289 e. The van der Waals surface area contributed by atoms with E-state index in [1.807, 2.05) is 6.08 Å². The molecule has 10 heteroatoms. The van der Waals surface area contributed by atoms with Gasteiger partial charge in [-0.1, -0.05) is 19.3 Å². The third-order valence-electron chi connectivity index (χ3n) is 9.75. The number of thiophene rings is 3. The predicted molar refractivity (Wildman–Crippen MR) is 172 cm³/mol. The van der Waals surface area contributed by atoms with Gasteiger partial charge in [0.05, 0.1) is 15.2 Å². The molecule has 0 N–H and O–H groups in total. The van der Waals surface area contributed by atoms with Crippen molar-refractivity contribution < 1.29 is 31.9 Å². The maximum absolute atomic E-state index is 13.9. The zero-order chi connectivity index (χ0) is 31.6. The first-order valence-corrected chi connectivity index (χ1v) is 17.3. The van der Waals surface area contributed by atoms with E-state index in [-0.39, 0.29) is 39.9 Å². The van der Waals surface area contributed by atoms with Gasteiger partial charge in [-0.25, -0.2) is 17.6 Å². The summed E-state index contributed by atoms with van der Waals surface area (Å²) in [5, 5.41) is 0. The van der Waals surface area contributed by atoms with Crippen LogP contribution in [0.2, 0.25) is 0 Å². The van der Waals surface area contributed by atoms with Crippen LogP contribution in [0.5, 0.6) is 0 Å². The number of benzene rings is 2. The van der Waals surface area contributed by atoms with Gasteiger partial charge in [0.1, 0.15) is 0 Å². The molecule has 3 aromatic heterocycles. The van der Waals surface area contributed by atoms with Crippen LogP contribution < -0.4 is 0 Å². The Bertz CT molecular complexity index is 2280. The first-order chi connectivity index (χ1) is 22.1. The highest BCUT2D eigenvalue weighted by Gasteiger charge is 2.48. The second-order valence-electron chi connectivity index (χ2n) is 12.3. The van der Waals surface area contributed by atoms with E-state index in [9.17, 15) is 31.9 Å². The van der Waals surface area contributed by atoms with Crippen LogP contribution in [0.1, 0.15) is 89.6 Å². The van der Waals surface area contributed by atoms with Crippen molar-refractivity contribution in [2.75, 3.05) is 0 Å². The van der Waals surface area contributed by atoms with Crippen LogP contribution in [0.15, 0.2) is 47.5 Å². The highest BCUT2D eigenvalue weighted by molar-refractivity contribution is 7.32. The van der Waals surface area contributed by atoms with Gasteiger partial charge in [-0.2, -0.15) is 0 Å². The number of carbonyl (C=O) groups is 3. The molecular formula is C36H20F4O3S3. The molecular weight excluding hydrogens is 653 g/mol. The summed E-state index contributed by atoms with van der Waals surface area (Å²) in [4.78, 5) is 43.1. The van der Waals surface area contributed by atoms with Crippen LogP contribution in [0.4, 0.5) is 17.6 Å². The quantitative estimate of drug-likeness (QED) is 0.107. The van der Waals surface area contributed by atoms with E-state index < -0.39 is 34.8 Å². The smallest absolute Gasteiger partial charge is 0.197 e. The predicted octanol–water partition coefficient (Wildman–Crippen LogP) is 10.1. The zero-order valence-electron chi connectivity index (χ0n) is 23.8. The number of hydrogen-bond acceptors (Lipinski definition) is 6. The van der Waals surface area contributed by atoms with E-state index in [4.69, 9.17) is 0 Å². The molecule has 1 fully saturated rings. The Morgan fingerprint density at radius 2 is 1.26 bits per heavy atom. The van der Waals surface area contributed by atoms with Crippen molar-refractivity contribution in [2.45, 2.75) is 43.9 Å². The normalized spacial score (nSPS) is 18.7. The number of hydrogen-bond donors (Lipinski definition) is 0. The van der Waals surface area contributed by atoms with E-state index in [2.05, 4.69) is 12.1 Å². The van der Waals surface area contributed by atoms with Gasteiger partial charge in [-0.15, -0.1) is 34.0 Å². The standard InChI is InChI=1S/C36H20F4O3S3/c37-24-8-15-6-16(30(41)19(15)12-25(24)38)7-17-11-28-34(45-17)29-35(46-28)33-23(36(29)4-2-1-3-5-36)10-18(44-33)9-22-31(42)20-13-26(39)27(40)14-21(20)32(22)43/h7-14H,1-6H2/b16-7-. The molecule has 0 amide bonds. The summed E-state index contributed by atoms with van der Waals surface area (Å²) in [6.07, 6.45) is 8.86. The Morgan fingerprint density at radius 3 is 1.96 bits per heavy atom. The highest BCUT2D eigenvalue weighted by atomic mass is 32.1. The number of rotatable bonds is 2. The van der Waals surface area contributed by atoms with Crippen molar-refractivity contribution in [1.82, 2.24) is 0 Å². The van der Waals surface area contributed by atoms with Gasteiger partial charge in [0, 0.05) is 59.0 Å². The van der Waals surface area contributed by atoms with Gasteiger partial charge in [-0.3, -0.25) is 14.4 Å². The lowest BCUT2D eigenvalue weighted by Crippen LogP contribution is -2.27. The summed E-state index contributed by atoms with van der Waals surface area (Å²) in [6, 6.07) is 7.84. The van der Waals surface area contributed by atoms with E-state index in [1.165, 1.54) is 32.0 Å². The largest absolute Gasteiger partial charge is 0.289 e. The van der Waals surface area contributed by atoms with Crippen LogP contribution in [-0.2, 0) is 11.8 Å². The molecule has 1 spiro atoms. The number of halogens is 4. The van der Waals surface area contributed by atoms with Crippen LogP contribution in [0.25, 0.3) is 31.3 Å². The topological polar surface area (TPSA) is 51.2 Å². The average molecular weight is 673 g/mol. The molecule has 5 aromatic rings. The Kier molecular flexibility index (Phi) is 5.99. The maximum Gasteiger partial charge on any atom is 0.197 e. The van der Waals surface area contributed by atoms with Crippen LogP contribution in [0.3, 0.4) is 0 Å². The monoisotopic (exact) mass is 672 g/mol. The van der Waals surface area contributed by atoms with Crippen molar-refractivity contribution in [3.63, 3.8) is 0 Å². The molecule has 0 aliphatic heterocycles. The molecule has 46 heavy (non-hydrogen) atoms. The molecule has 4 aliphatic rings. The molecule has 0 atom stereocenters. The van der Waals surface area contributed by atoms with Gasteiger partial charge in [-0.05, 0) is 72.5 Å². The molecule has 3 heterocycles. The Hall–Kier alpha value is -3.99. The third kappa shape index (κ3) is 3.83. The van der Waals surface area contributed by atoms with Gasteiger partial charge in [0.25, 0.3) is 0 Å². The molecule has 0 radical (unpaired) electrons. The Morgan fingerprint density at radius 1 is 0.630 bits per heavy atom.